The zero-order valence-corrected chi connectivity index (χ0v) is 11.2. The molecule has 0 aliphatic heterocycles. The lowest BCUT2D eigenvalue weighted by Crippen LogP contribution is -2.22. The van der Waals surface area contributed by atoms with E-state index in [1.807, 2.05) is 0 Å². The van der Waals surface area contributed by atoms with Crippen molar-refractivity contribution in [1.82, 2.24) is 0 Å². The summed E-state index contributed by atoms with van der Waals surface area (Å²) in [6.07, 6.45) is 8.56. The molecular weight excluding hydrogens is 240 g/mol. The molecule has 1 fully saturated rings. The molecule has 0 unspecified atom stereocenters. The largest absolute Gasteiger partial charge is 0.478 e. The maximum atomic E-state index is 11.2. The first-order chi connectivity index (χ1) is 9.16. The van der Waals surface area contributed by atoms with Crippen LogP contribution in [0.15, 0.2) is 18.2 Å². The number of nitrogens with one attached hydrogen (secondary N) is 1. The molecule has 1 aliphatic rings. The highest BCUT2D eigenvalue weighted by molar-refractivity contribution is 5.95. The van der Waals surface area contributed by atoms with Crippen LogP contribution in [0.25, 0.3) is 0 Å². The number of carboxylic acid groups (broad SMARTS) is 1. The van der Waals surface area contributed by atoms with Crippen molar-refractivity contribution in [3.63, 3.8) is 0 Å². The number of aromatic carboxylic acids is 1. The number of carboxylic acids is 1. The standard InChI is InChI=1S/C15H22N2O2/c16-11-8-9-14(13(10-11)15(18)19)17-12-6-4-2-1-3-5-7-12/h8-10,12,17H,1-7,16H2,(H,18,19). The first-order valence-electron chi connectivity index (χ1n) is 7.06. The van der Waals surface area contributed by atoms with E-state index in [-0.39, 0.29) is 5.56 Å². The number of hydrogen-bond acceptors (Lipinski definition) is 3. The quantitative estimate of drug-likeness (QED) is 0.729. The minimum absolute atomic E-state index is 0.266. The van der Waals surface area contributed by atoms with Crippen LogP contribution in [0.3, 0.4) is 0 Å². The summed E-state index contributed by atoms with van der Waals surface area (Å²) in [7, 11) is 0. The summed E-state index contributed by atoms with van der Waals surface area (Å²) in [4.78, 5) is 11.2. The zero-order valence-electron chi connectivity index (χ0n) is 11.2. The Bertz CT molecular complexity index is 438. The first kappa shape index (κ1) is 13.7. The molecule has 1 aromatic carbocycles. The smallest absolute Gasteiger partial charge is 0.337 e. The molecule has 0 spiro atoms. The van der Waals surface area contributed by atoms with Gasteiger partial charge in [0.2, 0.25) is 0 Å². The maximum absolute atomic E-state index is 11.2. The third kappa shape index (κ3) is 3.88. The van der Waals surface area contributed by atoms with E-state index in [2.05, 4.69) is 5.32 Å². The lowest BCUT2D eigenvalue weighted by molar-refractivity contribution is 0.0698. The summed E-state index contributed by atoms with van der Waals surface area (Å²) in [5, 5.41) is 12.6. The van der Waals surface area contributed by atoms with Crippen LogP contribution in [-0.2, 0) is 0 Å². The van der Waals surface area contributed by atoms with Gasteiger partial charge in [-0.05, 0) is 31.0 Å². The van der Waals surface area contributed by atoms with Gasteiger partial charge in [-0.1, -0.05) is 32.1 Å². The number of hydrogen-bond donors (Lipinski definition) is 3. The minimum Gasteiger partial charge on any atom is -0.478 e. The van der Waals surface area contributed by atoms with E-state index in [0.717, 1.165) is 12.8 Å². The van der Waals surface area contributed by atoms with Crippen LogP contribution in [0, 0.1) is 0 Å². The van der Waals surface area contributed by atoms with Gasteiger partial charge in [0.1, 0.15) is 0 Å². The number of benzene rings is 1. The van der Waals surface area contributed by atoms with Crippen molar-refractivity contribution in [3.8, 4) is 0 Å². The molecule has 4 heteroatoms. The topological polar surface area (TPSA) is 75.3 Å². The van der Waals surface area contributed by atoms with Crippen LogP contribution < -0.4 is 11.1 Å². The summed E-state index contributed by atoms with van der Waals surface area (Å²) in [6.45, 7) is 0. The lowest BCUT2D eigenvalue weighted by atomic mass is 9.96. The lowest BCUT2D eigenvalue weighted by Gasteiger charge is -2.23. The third-order valence-electron chi connectivity index (χ3n) is 3.74. The summed E-state index contributed by atoms with van der Waals surface area (Å²) in [6, 6.07) is 5.42. The molecule has 4 nitrogen and oxygen atoms in total. The number of nitrogen functional groups attached to an aromatic ring is 1. The molecule has 0 radical (unpaired) electrons. The van der Waals surface area contributed by atoms with Crippen LogP contribution >= 0.6 is 0 Å². The van der Waals surface area contributed by atoms with E-state index in [1.165, 1.54) is 38.2 Å². The van der Waals surface area contributed by atoms with Gasteiger partial charge in [0.25, 0.3) is 0 Å². The molecule has 4 N–H and O–H groups in total. The molecule has 104 valence electrons. The van der Waals surface area contributed by atoms with Crippen LogP contribution in [0.5, 0.6) is 0 Å². The van der Waals surface area contributed by atoms with Crippen molar-refractivity contribution in [3.05, 3.63) is 23.8 Å². The SMILES string of the molecule is Nc1ccc(NC2CCCCCCC2)c(C(=O)O)c1. The van der Waals surface area contributed by atoms with E-state index in [4.69, 9.17) is 5.73 Å². The molecule has 1 aliphatic carbocycles. The minimum atomic E-state index is -0.930. The summed E-state index contributed by atoms with van der Waals surface area (Å²) < 4.78 is 0. The Kier molecular flexibility index (Phi) is 4.66. The molecule has 1 aromatic rings. The number of anilines is 2. The number of rotatable bonds is 3. The van der Waals surface area contributed by atoms with Crippen LogP contribution in [0.2, 0.25) is 0 Å². The third-order valence-corrected chi connectivity index (χ3v) is 3.74. The van der Waals surface area contributed by atoms with Crippen molar-refractivity contribution in [2.24, 2.45) is 0 Å². The fraction of sp³-hybridized carbons (Fsp3) is 0.533. The highest BCUT2D eigenvalue weighted by Crippen LogP contribution is 2.24. The van der Waals surface area contributed by atoms with Gasteiger partial charge in [-0.15, -0.1) is 0 Å². The van der Waals surface area contributed by atoms with E-state index < -0.39 is 5.97 Å². The molecule has 0 saturated heterocycles. The van der Waals surface area contributed by atoms with Crippen LogP contribution in [-0.4, -0.2) is 17.1 Å². The fourth-order valence-electron chi connectivity index (χ4n) is 2.69. The predicted octanol–water partition coefficient (Wildman–Crippen LogP) is 3.49. The monoisotopic (exact) mass is 262 g/mol. The average molecular weight is 262 g/mol. The Morgan fingerprint density at radius 2 is 1.79 bits per heavy atom. The Balaban J connectivity index is 2.10. The van der Waals surface area contributed by atoms with Crippen molar-refractivity contribution in [2.45, 2.75) is 51.0 Å². The van der Waals surface area contributed by atoms with Crippen molar-refractivity contribution < 1.29 is 9.90 Å². The predicted molar refractivity (Wildman–Crippen MR) is 77.5 cm³/mol. The second kappa shape index (κ2) is 6.45. The van der Waals surface area contributed by atoms with Gasteiger partial charge in [-0.3, -0.25) is 0 Å². The maximum Gasteiger partial charge on any atom is 0.337 e. The van der Waals surface area contributed by atoms with Gasteiger partial charge in [-0.25, -0.2) is 4.79 Å². The second-order valence-corrected chi connectivity index (χ2v) is 5.30. The van der Waals surface area contributed by atoms with E-state index in [0.29, 0.717) is 17.4 Å². The summed E-state index contributed by atoms with van der Waals surface area (Å²) >= 11 is 0. The molecule has 0 amide bonds. The Morgan fingerprint density at radius 3 is 2.42 bits per heavy atom. The first-order valence-corrected chi connectivity index (χ1v) is 7.06. The summed E-state index contributed by atoms with van der Waals surface area (Å²) in [5.74, 6) is -0.930. The Labute approximate surface area is 114 Å². The highest BCUT2D eigenvalue weighted by atomic mass is 16.4. The van der Waals surface area contributed by atoms with Crippen LogP contribution in [0.4, 0.5) is 11.4 Å². The van der Waals surface area contributed by atoms with Crippen molar-refractivity contribution in [2.75, 3.05) is 11.1 Å². The molecule has 0 atom stereocenters. The fourth-order valence-corrected chi connectivity index (χ4v) is 2.69. The van der Waals surface area contributed by atoms with Gasteiger partial charge in [0.05, 0.1) is 5.56 Å². The normalized spacial score (nSPS) is 17.5. The van der Waals surface area contributed by atoms with E-state index in [9.17, 15) is 9.90 Å². The Morgan fingerprint density at radius 1 is 1.16 bits per heavy atom. The molecule has 0 aromatic heterocycles. The Hall–Kier alpha value is -1.71. The van der Waals surface area contributed by atoms with Gasteiger partial charge in [0, 0.05) is 17.4 Å². The van der Waals surface area contributed by atoms with Crippen LogP contribution in [0.1, 0.15) is 55.3 Å². The zero-order chi connectivity index (χ0) is 13.7. The van der Waals surface area contributed by atoms with Gasteiger partial charge < -0.3 is 16.2 Å². The molecule has 19 heavy (non-hydrogen) atoms. The second-order valence-electron chi connectivity index (χ2n) is 5.30. The average Bonchev–Trinajstić information content (AvgIpc) is 2.34. The van der Waals surface area contributed by atoms with Gasteiger partial charge in [0.15, 0.2) is 0 Å². The number of nitrogens with two attached hydrogens (primary N) is 1. The number of carbonyl (C=O) groups is 1. The highest BCUT2D eigenvalue weighted by Gasteiger charge is 2.15. The molecule has 1 saturated carbocycles. The van der Waals surface area contributed by atoms with Gasteiger partial charge >= 0.3 is 5.97 Å². The van der Waals surface area contributed by atoms with E-state index >= 15 is 0 Å². The van der Waals surface area contributed by atoms with Crippen molar-refractivity contribution >= 4 is 17.3 Å². The van der Waals surface area contributed by atoms with E-state index in [1.54, 1.807) is 12.1 Å². The van der Waals surface area contributed by atoms with Gasteiger partial charge in [-0.2, -0.15) is 0 Å². The molecular formula is C15H22N2O2. The summed E-state index contributed by atoms with van der Waals surface area (Å²) in [5.41, 5.74) is 7.09. The molecule has 0 bridgehead atoms. The molecule has 2 rings (SSSR count). The van der Waals surface area contributed by atoms with Crippen molar-refractivity contribution in [1.29, 1.82) is 0 Å². The molecule has 0 heterocycles.